The molecule has 0 unspecified atom stereocenters. The van der Waals surface area contributed by atoms with Crippen molar-refractivity contribution >= 4 is 11.6 Å². The number of hydrogen-bond donors (Lipinski definition) is 1. The molecule has 1 saturated heterocycles. The highest BCUT2D eigenvalue weighted by molar-refractivity contribution is 5.98. The van der Waals surface area contributed by atoms with Crippen LogP contribution in [-0.2, 0) is 4.74 Å². The summed E-state index contributed by atoms with van der Waals surface area (Å²) in [5, 5.41) is 0. The van der Waals surface area contributed by atoms with Crippen LogP contribution in [0, 0.1) is 6.92 Å². The molecule has 18 heavy (non-hydrogen) atoms. The second kappa shape index (κ2) is 4.28. The molecule has 0 saturated carbocycles. The molecule has 0 bridgehead atoms. The second-order valence-corrected chi connectivity index (χ2v) is 5.18. The van der Waals surface area contributed by atoms with Crippen molar-refractivity contribution in [2.24, 2.45) is 10.7 Å². The van der Waals surface area contributed by atoms with Crippen LogP contribution < -0.4 is 10.6 Å². The molecule has 1 aromatic carbocycles. The Bertz CT molecular complexity index is 460. The van der Waals surface area contributed by atoms with Crippen molar-refractivity contribution in [1.29, 1.82) is 0 Å². The van der Waals surface area contributed by atoms with E-state index in [1.807, 2.05) is 0 Å². The first kappa shape index (κ1) is 11.5. The Kier molecular flexibility index (Phi) is 2.74. The number of aryl methyl sites for hydroxylation is 1. The van der Waals surface area contributed by atoms with Crippen LogP contribution in [0.1, 0.15) is 18.4 Å². The van der Waals surface area contributed by atoms with Gasteiger partial charge in [-0.05, 0) is 31.9 Å². The Morgan fingerprint density at radius 2 is 1.89 bits per heavy atom. The van der Waals surface area contributed by atoms with Crippen molar-refractivity contribution in [3.05, 3.63) is 29.8 Å². The third-order valence-electron chi connectivity index (χ3n) is 3.95. The predicted octanol–water partition coefficient (Wildman–Crippen LogP) is 1.68. The summed E-state index contributed by atoms with van der Waals surface area (Å²) >= 11 is 0. The van der Waals surface area contributed by atoms with Crippen LogP contribution in [0.25, 0.3) is 0 Å². The van der Waals surface area contributed by atoms with Crippen molar-refractivity contribution in [3.8, 4) is 0 Å². The van der Waals surface area contributed by atoms with Crippen LogP contribution in [0.4, 0.5) is 5.69 Å². The van der Waals surface area contributed by atoms with Gasteiger partial charge in [0.15, 0.2) is 5.96 Å². The van der Waals surface area contributed by atoms with Gasteiger partial charge in [-0.3, -0.25) is 4.99 Å². The summed E-state index contributed by atoms with van der Waals surface area (Å²) in [5.74, 6) is 0.640. The largest absolute Gasteiger partial charge is 0.381 e. The Hall–Kier alpha value is -1.55. The zero-order valence-electron chi connectivity index (χ0n) is 10.7. The van der Waals surface area contributed by atoms with Gasteiger partial charge in [0.1, 0.15) is 0 Å². The van der Waals surface area contributed by atoms with E-state index in [2.05, 4.69) is 41.1 Å². The van der Waals surface area contributed by atoms with Crippen molar-refractivity contribution < 1.29 is 4.74 Å². The van der Waals surface area contributed by atoms with Gasteiger partial charge in [-0.1, -0.05) is 17.7 Å². The maximum atomic E-state index is 6.09. The van der Waals surface area contributed by atoms with Crippen LogP contribution in [0.5, 0.6) is 0 Å². The lowest BCUT2D eigenvalue weighted by molar-refractivity contribution is 0.0594. The third kappa shape index (κ3) is 1.77. The summed E-state index contributed by atoms with van der Waals surface area (Å²) in [6.45, 7) is 4.47. The van der Waals surface area contributed by atoms with E-state index in [4.69, 9.17) is 10.5 Å². The monoisotopic (exact) mass is 245 g/mol. The van der Waals surface area contributed by atoms with Crippen LogP contribution >= 0.6 is 0 Å². The molecule has 2 aliphatic heterocycles. The zero-order chi connectivity index (χ0) is 12.6. The fraction of sp³-hybridized carbons (Fsp3) is 0.500. The Morgan fingerprint density at radius 3 is 2.56 bits per heavy atom. The molecule has 1 fully saturated rings. The molecule has 0 atom stereocenters. The first-order chi connectivity index (χ1) is 8.71. The minimum atomic E-state index is 0.0393. The van der Waals surface area contributed by atoms with Gasteiger partial charge < -0.3 is 15.4 Å². The first-order valence-corrected chi connectivity index (χ1v) is 6.46. The summed E-state index contributed by atoms with van der Waals surface area (Å²) in [5.41, 5.74) is 8.53. The quantitative estimate of drug-likeness (QED) is 0.819. The van der Waals surface area contributed by atoms with Gasteiger partial charge in [0.05, 0.1) is 12.1 Å². The van der Waals surface area contributed by atoms with Gasteiger partial charge in [-0.15, -0.1) is 0 Å². The van der Waals surface area contributed by atoms with E-state index in [1.165, 1.54) is 5.56 Å². The Balaban J connectivity index is 1.96. The molecule has 4 heteroatoms. The molecule has 4 nitrogen and oxygen atoms in total. The predicted molar refractivity (Wildman–Crippen MR) is 72.9 cm³/mol. The number of benzene rings is 1. The lowest BCUT2D eigenvalue weighted by Gasteiger charge is -2.41. The number of nitrogens with two attached hydrogens (primary N) is 1. The molecule has 0 radical (unpaired) electrons. The topological polar surface area (TPSA) is 50.8 Å². The molecule has 2 N–H and O–H groups in total. The van der Waals surface area contributed by atoms with E-state index in [9.17, 15) is 0 Å². The maximum absolute atomic E-state index is 6.09. The van der Waals surface area contributed by atoms with Crippen LogP contribution in [-0.4, -0.2) is 31.3 Å². The highest BCUT2D eigenvalue weighted by Gasteiger charge is 2.44. The SMILES string of the molecule is Cc1ccc(N2C(N)=NCC23CCOCC3)cc1. The Labute approximate surface area is 107 Å². The minimum Gasteiger partial charge on any atom is -0.381 e. The third-order valence-corrected chi connectivity index (χ3v) is 3.95. The van der Waals surface area contributed by atoms with E-state index in [1.54, 1.807) is 0 Å². The highest BCUT2D eigenvalue weighted by Crippen LogP contribution is 2.36. The molecule has 0 aromatic heterocycles. The van der Waals surface area contributed by atoms with E-state index in [0.717, 1.165) is 38.3 Å². The fourth-order valence-electron chi connectivity index (χ4n) is 2.85. The van der Waals surface area contributed by atoms with E-state index in [-0.39, 0.29) is 5.54 Å². The van der Waals surface area contributed by atoms with Crippen molar-refractivity contribution in [2.75, 3.05) is 24.7 Å². The maximum Gasteiger partial charge on any atom is 0.196 e. The molecule has 2 aliphatic rings. The standard InChI is InChI=1S/C14H19N3O/c1-11-2-4-12(5-3-11)17-13(15)16-10-14(17)6-8-18-9-7-14/h2-5H,6-10H2,1H3,(H2,15,16). The lowest BCUT2D eigenvalue weighted by Crippen LogP contribution is -2.54. The van der Waals surface area contributed by atoms with Gasteiger partial charge in [-0.25, -0.2) is 0 Å². The van der Waals surface area contributed by atoms with Gasteiger partial charge in [-0.2, -0.15) is 0 Å². The summed E-state index contributed by atoms with van der Waals surface area (Å²) in [6, 6.07) is 8.49. The van der Waals surface area contributed by atoms with Crippen molar-refractivity contribution in [2.45, 2.75) is 25.3 Å². The molecule has 3 rings (SSSR count). The summed E-state index contributed by atoms with van der Waals surface area (Å²) < 4.78 is 5.48. The van der Waals surface area contributed by atoms with Gasteiger partial charge in [0.25, 0.3) is 0 Å². The highest BCUT2D eigenvalue weighted by atomic mass is 16.5. The number of anilines is 1. The Morgan fingerprint density at radius 1 is 1.22 bits per heavy atom. The molecule has 2 heterocycles. The van der Waals surface area contributed by atoms with Crippen LogP contribution in [0.3, 0.4) is 0 Å². The second-order valence-electron chi connectivity index (χ2n) is 5.18. The van der Waals surface area contributed by atoms with Crippen molar-refractivity contribution in [3.63, 3.8) is 0 Å². The number of rotatable bonds is 1. The number of nitrogens with zero attached hydrogens (tertiary/aromatic N) is 2. The number of guanidine groups is 1. The van der Waals surface area contributed by atoms with Crippen LogP contribution in [0.15, 0.2) is 29.3 Å². The molecule has 96 valence electrons. The fourth-order valence-corrected chi connectivity index (χ4v) is 2.85. The summed E-state index contributed by atoms with van der Waals surface area (Å²) in [6.07, 6.45) is 1.98. The molecule has 0 aliphatic carbocycles. The molecule has 1 spiro atoms. The number of hydrogen-bond acceptors (Lipinski definition) is 4. The minimum absolute atomic E-state index is 0.0393. The van der Waals surface area contributed by atoms with E-state index < -0.39 is 0 Å². The molecular formula is C14H19N3O. The molecule has 1 aromatic rings. The average molecular weight is 245 g/mol. The summed E-state index contributed by atoms with van der Waals surface area (Å²) in [4.78, 5) is 6.66. The number of ether oxygens (including phenoxy) is 1. The van der Waals surface area contributed by atoms with Crippen molar-refractivity contribution in [1.82, 2.24) is 0 Å². The number of aliphatic imine (C=N–C) groups is 1. The van der Waals surface area contributed by atoms with E-state index >= 15 is 0 Å². The van der Waals surface area contributed by atoms with E-state index in [0.29, 0.717) is 5.96 Å². The smallest absolute Gasteiger partial charge is 0.196 e. The van der Waals surface area contributed by atoms with Crippen LogP contribution in [0.2, 0.25) is 0 Å². The normalized spacial score (nSPS) is 22.3. The molecule has 0 amide bonds. The summed E-state index contributed by atoms with van der Waals surface area (Å²) in [7, 11) is 0. The lowest BCUT2D eigenvalue weighted by atomic mass is 9.88. The first-order valence-electron chi connectivity index (χ1n) is 6.46. The van der Waals surface area contributed by atoms with Gasteiger partial charge in [0, 0.05) is 18.9 Å². The zero-order valence-corrected chi connectivity index (χ0v) is 10.7. The van der Waals surface area contributed by atoms with Gasteiger partial charge >= 0.3 is 0 Å². The van der Waals surface area contributed by atoms with Gasteiger partial charge in [0.2, 0.25) is 0 Å². The molecular weight excluding hydrogens is 226 g/mol. The average Bonchev–Trinajstić information content (AvgIpc) is 2.69.